The zero-order valence-electron chi connectivity index (χ0n) is 7.36. The second-order valence-corrected chi connectivity index (χ2v) is 4.16. The van der Waals surface area contributed by atoms with E-state index in [9.17, 15) is 4.79 Å². The van der Waals surface area contributed by atoms with Crippen LogP contribution in [0.15, 0.2) is 17.3 Å². The Balaban J connectivity index is 2.56. The van der Waals surface area contributed by atoms with Crippen molar-refractivity contribution >= 4 is 34.6 Å². The molecule has 0 radical (unpaired) electrons. The highest BCUT2D eigenvalue weighted by Crippen LogP contribution is 2.21. The number of thiophene rings is 1. The van der Waals surface area contributed by atoms with Gasteiger partial charge in [0.2, 0.25) is 6.61 Å². The molecule has 1 aromatic rings. The third-order valence-corrected chi connectivity index (χ3v) is 2.66. The van der Waals surface area contributed by atoms with E-state index in [2.05, 4.69) is 9.99 Å². The lowest BCUT2D eigenvalue weighted by Gasteiger charge is -1.96. The second kappa shape index (κ2) is 4.97. The molecule has 0 unspecified atom stereocenters. The molecule has 0 spiro atoms. The first-order chi connectivity index (χ1) is 6.59. The smallest absolute Gasteiger partial charge is 0.344 e. The summed E-state index contributed by atoms with van der Waals surface area (Å²) in [7, 11) is 0. The van der Waals surface area contributed by atoms with Crippen molar-refractivity contribution in [1.29, 1.82) is 0 Å². The number of carbonyl (C=O) groups is 1. The van der Waals surface area contributed by atoms with E-state index in [0.717, 1.165) is 4.88 Å². The standard InChI is InChI=1S/C8H8ClNO3S/c1-5(10-13-4-8(11)12)6-2-3-7(9)14-6/h2-3H,4H2,1H3,(H,11,12)/b10-5-. The van der Waals surface area contributed by atoms with E-state index >= 15 is 0 Å². The summed E-state index contributed by atoms with van der Waals surface area (Å²) in [5.74, 6) is -1.05. The Kier molecular flexibility index (Phi) is 3.91. The highest BCUT2D eigenvalue weighted by Gasteiger charge is 2.02. The summed E-state index contributed by atoms with van der Waals surface area (Å²) in [6.45, 7) is 1.29. The molecule has 0 saturated carbocycles. The van der Waals surface area contributed by atoms with Crippen LogP contribution in [0.5, 0.6) is 0 Å². The fourth-order valence-electron chi connectivity index (χ4n) is 0.738. The zero-order chi connectivity index (χ0) is 10.6. The average molecular weight is 234 g/mol. The van der Waals surface area contributed by atoms with Crippen molar-refractivity contribution in [3.63, 3.8) is 0 Å². The molecule has 0 aliphatic carbocycles. The number of hydrogen-bond donors (Lipinski definition) is 1. The highest BCUT2D eigenvalue weighted by molar-refractivity contribution is 7.18. The Hall–Kier alpha value is -1.07. The Morgan fingerprint density at radius 3 is 2.93 bits per heavy atom. The molecule has 0 atom stereocenters. The third-order valence-electron chi connectivity index (χ3n) is 1.32. The molecule has 76 valence electrons. The largest absolute Gasteiger partial charge is 0.479 e. The van der Waals surface area contributed by atoms with E-state index in [1.807, 2.05) is 0 Å². The fraction of sp³-hybridized carbons (Fsp3) is 0.250. The molecule has 0 saturated heterocycles. The lowest BCUT2D eigenvalue weighted by Crippen LogP contribution is -2.04. The topological polar surface area (TPSA) is 58.9 Å². The number of rotatable bonds is 4. The average Bonchev–Trinajstić information content (AvgIpc) is 2.51. The number of nitrogens with zero attached hydrogens (tertiary/aromatic N) is 1. The van der Waals surface area contributed by atoms with Crippen molar-refractivity contribution < 1.29 is 14.7 Å². The van der Waals surface area contributed by atoms with E-state index in [0.29, 0.717) is 10.0 Å². The Labute approximate surface area is 89.8 Å². The summed E-state index contributed by atoms with van der Waals surface area (Å²) in [6.07, 6.45) is 0. The van der Waals surface area contributed by atoms with Crippen molar-refractivity contribution in [2.75, 3.05) is 6.61 Å². The first kappa shape index (κ1) is 11.0. The van der Waals surface area contributed by atoms with Gasteiger partial charge < -0.3 is 9.94 Å². The third kappa shape index (κ3) is 3.35. The maximum Gasteiger partial charge on any atom is 0.344 e. The predicted octanol–water partition coefficient (Wildman–Crippen LogP) is 2.23. The Bertz CT molecular complexity index is 361. The summed E-state index contributed by atoms with van der Waals surface area (Å²) >= 11 is 7.08. The normalized spacial score (nSPS) is 11.4. The van der Waals surface area contributed by atoms with Gasteiger partial charge in [0, 0.05) is 0 Å². The molecular formula is C8H8ClNO3S. The van der Waals surface area contributed by atoms with Gasteiger partial charge in [-0.05, 0) is 19.1 Å². The number of carboxylic acids is 1. The molecular weight excluding hydrogens is 226 g/mol. The fourth-order valence-corrected chi connectivity index (χ4v) is 1.72. The maximum atomic E-state index is 10.1. The van der Waals surface area contributed by atoms with Crippen molar-refractivity contribution in [2.24, 2.45) is 5.16 Å². The van der Waals surface area contributed by atoms with Gasteiger partial charge in [-0.1, -0.05) is 16.8 Å². The van der Waals surface area contributed by atoms with Gasteiger partial charge in [-0.25, -0.2) is 4.79 Å². The number of carboxylic acid groups (broad SMARTS) is 1. The van der Waals surface area contributed by atoms with Crippen molar-refractivity contribution in [1.82, 2.24) is 0 Å². The molecule has 1 N–H and O–H groups in total. The van der Waals surface area contributed by atoms with Crippen molar-refractivity contribution in [2.45, 2.75) is 6.92 Å². The Morgan fingerprint density at radius 2 is 2.43 bits per heavy atom. The molecule has 0 amide bonds. The molecule has 4 nitrogen and oxygen atoms in total. The second-order valence-electron chi connectivity index (χ2n) is 2.45. The van der Waals surface area contributed by atoms with Gasteiger partial charge in [-0.15, -0.1) is 11.3 Å². The first-order valence-electron chi connectivity index (χ1n) is 3.73. The van der Waals surface area contributed by atoms with E-state index in [1.165, 1.54) is 11.3 Å². The highest BCUT2D eigenvalue weighted by atomic mass is 35.5. The van der Waals surface area contributed by atoms with Gasteiger partial charge in [-0.3, -0.25) is 0 Å². The monoisotopic (exact) mass is 233 g/mol. The van der Waals surface area contributed by atoms with Gasteiger partial charge in [0.25, 0.3) is 0 Å². The lowest BCUT2D eigenvalue weighted by molar-refractivity contribution is -0.142. The summed E-state index contributed by atoms with van der Waals surface area (Å²) in [5, 5.41) is 11.9. The zero-order valence-corrected chi connectivity index (χ0v) is 8.93. The van der Waals surface area contributed by atoms with Crippen LogP contribution >= 0.6 is 22.9 Å². The molecule has 0 bridgehead atoms. The van der Waals surface area contributed by atoms with E-state index < -0.39 is 12.6 Å². The van der Waals surface area contributed by atoms with Gasteiger partial charge in [0.1, 0.15) is 0 Å². The van der Waals surface area contributed by atoms with Crippen LogP contribution in [0, 0.1) is 0 Å². The lowest BCUT2D eigenvalue weighted by atomic mass is 10.3. The van der Waals surface area contributed by atoms with Crippen LogP contribution in [0.25, 0.3) is 0 Å². The van der Waals surface area contributed by atoms with Crippen LogP contribution in [-0.2, 0) is 9.63 Å². The maximum absolute atomic E-state index is 10.1. The summed E-state index contributed by atoms with van der Waals surface area (Å²) in [5.41, 5.74) is 0.614. The Morgan fingerprint density at radius 1 is 1.71 bits per heavy atom. The summed E-state index contributed by atoms with van der Waals surface area (Å²) in [4.78, 5) is 15.5. The van der Waals surface area contributed by atoms with Crippen LogP contribution in [0.4, 0.5) is 0 Å². The summed E-state index contributed by atoms with van der Waals surface area (Å²) in [6, 6.07) is 3.55. The van der Waals surface area contributed by atoms with Gasteiger partial charge in [0.15, 0.2) is 0 Å². The van der Waals surface area contributed by atoms with E-state index in [4.69, 9.17) is 16.7 Å². The quantitative estimate of drug-likeness (QED) is 0.641. The first-order valence-corrected chi connectivity index (χ1v) is 4.93. The minimum atomic E-state index is -1.05. The molecule has 6 heteroatoms. The number of halogens is 1. The van der Waals surface area contributed by atoms with Crippen molar-refractivity contribution in [3.05, 3.63) is 21.3 Å². The van der Waals surface area contributed by atoms with Gasteiger partial charge in [0.05, 0.1) is 14.9 Å². The molecule has 0 aliphatic heterocycles. The molecule has 14 heavy (non-hydrogen) atoms. The number of aliphatic carboxylic acids is 1. The van der Waals surface area contributed by atoms with Gasteiger partial charge in [-0.2, -0.15) is 0 Å². The van der Waals surface area contributed by atoms with Crippen LogP contribution in [0.2, 0.25) is 4.34 Å². The molecule has 1 heterocycles. The summed E-state index contributed by atoms with van der Waals surface area (Å²) < 4.78 is 0.660. The molecule has 0 aromatic carbocycles. The molecule has 0 fully saturated rings. The number of hydrogen-bond acceptors (Lipinski definition) is 4. The van der Waals surface area contributed by atoms with Crippen LogP contribution in [-0.4, -0.2) is 23.4 Å². The molecule has 1 aromatic heterocycles. The number of oxime groups is 1. The predicted molar refractivity (Wildman–Crippen MR) is 55.1 cm³/mol. The minimum Gasteiger partial charge on any atom is -0.479 e. The van der Waals surface area contributed by atoms with E-state index in [1.54, 1.807) is 19.1 Å². The van der Waals surface area contributed by atoms with Crippen LogP contribution in [0.3, 0.4) is 0 Å². The van der Waals surface area contributed by atoms with E-state index in [-0.39, 0.29) is 0 Å². The molecule has 0 aliphatic rings. The van der Waals surface area contributed by atoms with Gasteiger partial charge >= 0.3 is 5.97 Å². The SMILES string of the molecule is C/C(=N/OCC(=O)O)c1ccc(Cl)s1. The van der Waals surface area contributed by atoms with Crippen LogP contribution < -0.4 is 0 Å². The van der Waals surface area contributed by atoms with Crippen molar-refractivity contribution in [3.8, 4) is 0 Å². The van der Waals surface area contributed by atoms with Crippen LogP contribution in [0.1, 0.15) is 11.8 Å². The minimum absolute atomic E-state index is 0.434. The molecule has 1 rings (SSSR count).